The molecule has 0 saturated heterocycles. The highest BCUT2D eigenvalue weighted by Gasteiger charge is 2.22. The van der Waals surface area contributed by atoms with Gasteiger partial charge in [-0.3, -0.25) is 4.40 Å². The number of hydrogen-bond donors (Lipinski definition) is 0. The first-order chi connectivity index (χ1) is 17.6. The summed E-state index contributed by atoms with van der Waals surface area (Å²) in [5.74, 6) is 3.97. The lowest BCUT2D eigenvalue weighted by Crippen LogP contribution is -1.97. The van der Waals surface area contributed by atoms with Crippen LogP contribution in [0.25, 0.3) is 39.9 Å². The molecule has 2 aromatic carbocycles. The van der Waals surface area contributed by atoms with E-state index in [-0.39, 0.29) is 5.89 Å². The smallest absolute Gasteiger partial charge is 0.268 e. The summed E-state index contributed by atoms with van der Waals surface area (Å²) in [6, 6.07) is 14.9. The number of aromatic nitrogens is 4. The summed E-state index contributed by atoms with van der Waals surface area (Å²) in [6.45, 7) is 0. The van der Waals surface area contributed by atoms with Crippen molar-refractivity contribution < 1.29 is 28.1 Å². The average molecular weight is 489 g/mol. The van der Waals surface area contributed by atoms with Crippen molar-refractivity contribution >= 4 is 5.52 Å². The van der Waals surface area contributed by atoms with Gasteiger partial charge in [-0.1, -0.05) is 6.07 Å². The monoisotopic (exact) mass is 488 g/mol. The van der Waals surface area contributed by atoms with Crippen LogP contribution in [0.2, 0.25) is 0 Å². The van der Waals surface area contributed by atoms with Gasteiger partial charge in [0, 0.05) is 17.3 Å². The van der Waals surface area contributed by atoms with E-state index in [1.165, 1.54) is 0 Å². The lowest BCUT2D eigenvalue weighted by Gasteiger charge is -2.13. The van der Waals surface area contributed by atoms with E-state index in [1.807, 2.05) is 47.0 Å². The molecule has 0 aliphatic rings. The summed E-state index contributed by atoms with van der Waals surface area (Å²) in [6.07, 6.45) is 1.91. The van der Waals surface area contributed by atoms with Crippen molar-refractivity contribution in [3.8, 4) is 63.2 Å². The number of methoxy groups -OCH3 is 5. The maximum atomic E-state index is 6.05. The van der Waals surface area contributed by atoms with E-state index >= 15 is 0 Å². The largest absolute Gasteiger partial charge is 0.493 e. The molecule has 0 amide bonds. The predicted molar refractivity (Wildman–Crippen MR) is 132 cm³/mol. The Labute approximate surface area is 207 Å². The van der Waals surface area contributed by atoms with Crippen molar-refractivity contribution in [3.05, 3.63) is 54.7 Å². The van der Waals surface area contributed by atoms with Gasteiger partial charge in [-0.15, -0.1) is 10.2 Å². The topological polar surface area (TPSA) is 102 Å². The molecule has 0 aliphatic heterocycles. The lowest BCUT2D eigenvalue weighted by molar-refractivity contribution is 0.324. The molecule has 3 heterocycles. The molecule has 10 nitrogen and oxygen atoms in total. The molecule has 0 fully saturated rings. The van der Waals surface area contributed by atoms with Crippen LogP contribution in [-0.4, -0.2) is 55.1 Å². The molecule has 5 aromatic rings. The minimum atomic E-state index is 0.280. The molecule has 184 valence electrons. The molecular weight excluding hydrogens is 464 g/mol. The second-order valence-electron chi connectivity index (χ2n) is 7.64. The van der Waals surface area contributed by atoms with Gasteiger partial charge in [0.2, 0.25) is 11.6 Å². The van der Waals surface area contributed by atoms with Crippen LogP contribution in [0.15, 0.2) is 59.1 Å². The normalized spacial score (nSPS) is 10.9. The Morgan fingerprint density at radius 3 is 2.00 bits per heavy atom. The Morgan fingerprint density at radius 1 is 0.667 bits per heavy atom. The second kappa shape index (κ2) is 9.49. The van der Waals surface area contributed by atoms with Gasteiger partial charge in [0.1, 0.15) is 5.82 Å². The Balaban J connectivity index is 1.63. The van der Waals surface area contributed by atoms with Crippen molar-refractivity contribution in [2.24, 2.45) is 0 Å². The molecule has 3 aromatic heterocycles. The molecule has 5 rings (SSSR count). The van der Waals surface area contributed by atoms with E-state index in [2.05, 4.69) is 10.2 Å². The van der Waals surface area contributed by atoms with Gasteiger partial charge in [-0.2, -0.15) is 0 Å². The summed E-state index contributed by atoms with van der Waals surface area (Å²) in [4.78, 5) is 4.87. The zero-order valence-electron chi connectivity index (χ0n) is 20.4. The van der Waals surface area contributed by atoms with Gasteiger partial charge in [-0.05, 0) is 42.5 Å². The van der Waals surface area contributed by atoms with Gasteiger partial charge < -0.3 is 28.1 Å². The molecule has 0 bridgehead atoms. The highest BCUT2D eigenvalue weighted by molar-refractivity contribution is 5.79. The molecular formula is C26H24N4O6. The number of pyridine rings is 1. The number of rotatable bonds is 8. The van der Waals surface area contributed by atoms with Gasteiger partial charge in [0.25, 0.3) is 5.89 Å². The minimum Gasteiger partial charge on any atom is -0.493 e. The third kappa shape index (κ3) is 3.82. The first kappa shape index (κ1) is 23.0. The number of benzene rings is 2. The third-order valence-corrected chi connectivity index (χ3v) is 5.73. The van der Waals surface area contributed by atoms with Crippen LogP contribution in [-0.2, 0) is 0 Å². The van der Waals surface area contributed by atoms with E-state index < -0.39 is 0 Å². The standard InChI is InChI=1S/C26H24N4O6/c1-31-18-10-9-15(12-19(18)32-2)25-28-29-26(36-25)22-17-8-6-7-11-30(17)24(27-22)16-13-20(33-3)23(35-5)21(14-16)34-4/h6-14H,1-5H3. The van der Waals surface area contributed by atoms with E-state index in [0.717, 1.165) is 11.1 Å². The van der Waals surface area contributed by atoms with Crippen LogP contribution < -0.4 is 23.7 Å². The van der Waals surface area contributed by atoms with Gasteiger partial charge in [0.05, 0.1) is 41.1 Å². The number of nitrogens with zero attached hydrogens (tertiary/aromatic N) is 4. The van der Waals surface area contributed by atoms with Gasteiger partial charge in [-0.25, -0.2) is 4.98 Å². The minimum absolute atomic E-state index is 0.280. The maximum absolute atomic E-state index is 6.05. The second-order valence-corrected chi connectivity index (χ2v) is 7.64. The van der Waals surface area contributed by atoms with Crippen LogP contribution in [0.5, 0.6) is 28.7 Å². The van der Waals surface area contributed by atoms with Crippen LogP contribution >= 0.6 is 0 Å². The Hall–Kier alpha value is -4.73. The SMILES string of the molecule is COc1ccc(-c2nnc(-c3nc(-c4cc(OC)c(OC)c(OC)c4)n4ccccc34)o2)cc1OC. The average Bonchev–Trinajstić information content (AvgIpc) is 3.57. The summed E-state index contributed by atoms with van der Waals surface area (Å²) in [5, 5.41) is 8.52. The van der Waals surface area contributed by atoms with E-state index in [0.29, 0.717) is 51.7 Å². The van der Waals surface area contributed by atoms with E-state index in [9.17, 15) is 0 Å². The van der Waals surface area contributed by atoms with Crippen molar-refractivity contribution in [2.45, 2.75) is 0 Å². The highest BCUT2D eigenvalue weighted by Crippen LogP contribution is 2.42. The Morgan fingerprint density at radius 2 is 1.33 bits per heavy atom. The van der Waals surface area contributed by atoms with Crippen LogP contribution in [0.3, 0.4) is 0 Å². The van der Waals surface area contributed by atoms with Crippen LogP contribution in [0.4, 0.5) is 0 Å². The van der Waals surface area contributed by atoms with Crippen LogP contribution in [0, 0.1) is 0 Å². The number of fused-ring (bicyclic) bond motifs is 1. The highest BCUT2D eigenvalue weighted by atomic mass is 16.5. The van der Waals surface area contributed by atoms with E-state index in [1.54, 1.807) is 47.7 Å². The molecule has 0 spiro atoms. The lowest BCUT2D eigenvalue weighted by atomic mass is 10.1. The number of ether oxygens (including phenoxy) is 5. The first-order valence-corrected chi connectivity index (χ1v) is 11.0. The van der Waals surface area contributed by atoms with Crippen molar-refractivity contribution in [1.82, 2.24) is 19.6 Å². The summed E-state index contributed by atoms with van der Waals surface area (Å²) >= 11 is 0. The maximum Gasteiger partial charge on any atom is 0.268 e. The fraction of sp³-hybridized carbons (Fsp3) is 0.192. The predicted octanol–water partition coefficient (Wildman–Crippen LogP) is 4.76. The molecule has 0 saturated carbocycles. The molecule has 0 unspecified atom stereocenters. The van der Waals surface area contributed by atoms with Crippen molar-refractivity contribution in [3.63, 3.8) is 0 Å². The third-order valence-electron chi connectivity index (χ3n) is 5.73. The molecule has 0 N–H and O–H groups in total. The molecule has 0 radical (unpaired) electrons. The fourth-order valence-corrected chi connectivity index (χ4v) is 4.01. The number of hydrogen-bond acceptors (Lipinski definition) is 9. The molecule has 0 aliphatic carbocycles. The van der Waals surface area contributed by atoms with Gasteiger partial charge in [0.15, 0.2) is 28.7 Å². The molecule has 10 heteroatoms. The zero-order valence-corrected chi connectivity index (χ0v) is 20.4. The van der Waals surface area contributed by atoms with E-state index in [4.69, 9.17) is 33.1 Å². The summed E-state index contributed by atoms with van der Waals surface area (Å²) in [5.41, 5.74) is 2.79. The molecule has 0 atom stereocenters. The quantitative estimate of drug-likeness (QED) is 0.306. The summed E-state index contributed by atoms with van der Waals surface area (Å²) < 4.78 is 35.2. The van der Waals surface area contributed by atoms with Gasteiger partial charge >= 0.3 is 0 Å². The van der Waals surface area contributed by atoms with Crippen molar-refractivity contribution in [1.29, 1.82) is 0 Å². The zero-order chi connectivity index (χ0) is 25.2. The fourth-order valence-electron chi connectivity index (χ4n) is 4.01. The number of imidazole rings is 1. The Kier molecular flexibility index (Phi) is 6.07. The van der Waals surface area contributed by atoms with Crippen LogP contribution in [0.1, 0.15) is 0 Å². The van der Waals surface area contributed by atoms with Crippen molar-refractivity contribution in [2.75, 3.05) is 35.5 Å². The first-order valence-electron chi connectivity index (χ1n) is 11.0. The Bertz CT molecular complexity index is 1520. The molecule has 36 heavy (non-hydrogen) atoms. The summed E-state index contributed by atoms with van der Waals surface area (Å²) in [7, 11) is 7.86.